The Kier molecular flexibility index (Phi) is 3.27. The van der Waals surface area contributed by atoms with E-state index >= 15 is 0 Å². The summed E-state index contributed by atoms with van der Waals surface area (Å²) in [5.41, 5.74) is 4.89. The first-order valence-corrected chi connectivity index (χ1v) is 5.58. The van der Waals surface area contributed by atoms with Crippen molar-refractivity contribution in [1.82, 2.24) is 0 Å². The van der Waals surface area contributed by atoms with Crippen molar-refractivity contribution in [2.45, 2.75) is 19.3 Å². The molecule has 0 fully saturated rings. The van der Waals surface area contributed by atoms with Crippen LogP contribution < -0.4 is 5.73 Å². The zero-order valence-corrected chi connectivity index (χ0v) is 10.0. The number of hydrogen-bond donors (Lipinski definition) is 1. The van der Waals surface area contributed by atoms with Crippen LogP contribution in [0, 0.1) is 0 Å². The molecule has 0 spiro atoms. The number of carbonyl (C=O) groups is 1. The fraction of sp³-hybridized carbons (Fsp3) is 0.444. The number of hydrogen-bond acceptors (Lipinski definition) is 3. The Morgan fingerprint density at radius 1 is 1.62 bits per heavy atom. The first kappa shape index (κ1) is 10.9. The van der Waals surface area contributed by atoms with E-state index in [-0.39, 0.29) is 12.3 Å². The summed E-state index contributed by atoms with van der Waals surface area (Å²) in [5.74, 6) is 0.0712. The minimum atomic E-state index is -0.453. The van der Waals surface area contributed by atoms with Crippen molar-refractivity contribution in [1.29, 1.82) is 0 Å². The maximum absolute atomic E-state index is 11.5. The van der Waals surface area contributed by atoms with E-state index in [1.165, 1.54) is 0 Å². The third-order valence-electron chi connectivity index (χ3n) is 2.07. The lowest BCUT2D eigenvalue weighted by atomic mass is 9.86. The van der Waals surface area contributed by atoms with Gasteiger partial charge in [0, 0.05) is 4.88 Å². The minimum Gasteiger partial charge on any atom is -0.324 e. The topological polar surface area (TPSA) is 43.1 Å². The smallest absolute Gasteiger partial charge is 0.157 e. The van der Waals surface area contributed by atoms with E-state index in [1.54, 1.807) is 11.3 Å². The Labute approximate surface area is 90.3 Å². The Balaban J connectivity index is 2.99. The first-order chi connectivity index (χ1) is 5.98. The summed E-state index contributed by atoms with van der Waals surface area (Å²) in [6, 6.07) is 3.91. The van der Waals surface area contributed by atoms with Gasteiger partial charge in [-0.15, -0.1) is 11.3 Å². The molecule has 1 heterocycles. The summed E-state index contributed by atoms with van der Waals surface area (Å²) in [6.07, 6.45) is 0. The highest BCUT2D eigenvalue weighted by Crippen LogP contribution is 2.32. The molecule has 72 valence electrons. The van der Waals surface area contributed by atoms with E-state index in [0.29, 0.717) is 0 Å². The summed E-state index contributed by atoms with van der Waals surface area (Å²) < 4.78 is 1.04. The largest absolute Gasteiger partial charge is 0.324 e. The number of nitrogens with two attached hydrogens (primary N) is 1. The maximum atomic E-state index is 11.5. The van der Waals surface area contributed by atoms with Crippen molar-refractivity contribution >= 4 is 33.0 Å². The first-order valence-electron chi connectivity index (χ1n) is 3.97. The van der Waals surface area contributed by atoms with Gasteiger partial charge < -0.3 is 5.73 Å². The molecule has 0 aromatic carbocycles. The number of carbonyl (C=O) groups excluding carboxylic acids is 1. The summed E-state index contributed by atoms with van der Waals surface area (Å²) in [7, 11) is 0. The molecule has 1 rings (SSSR count). The number of thiophene rings is 1. The number of rotatable bonds is 3. The third-order valence-corrected chi connectivity index (χ3v) is 4.02. The Hall–Kier alpha value is -0.190. The molecule has 2 N–H and O–H groups in total. The third kappa shape index (κ3) is 2.18. The molecule has 1 aromatic rings. The second kappa shape index (κ2) is 3.90. The molecule has 2 nitrogen and oxygen atoms in total. The number of ketones is 1. The molecule has 0 saturated heterocycles. The van der Waals surface area contributed by atoms with Gasteiger partial charge in [0.25, 0.3) is 0 Å². The van der Waals surface area contributed by atoms with E-state index < -0.39 is 5.41 Å². The molecule has 4 heteroatoms. The van der Waals surface area contributed by atoms with Crippen LogP contribution in [0.25, 0.3) is 0 Å². The van der Waals surface area contributed by atoms with Crippen molar-refractivity contribution in [2.24, 2.45) is 5.73 Å². The second-order valence-electron chi connectivity index (χ2n) is 3.36. The van der Waals surface area contributed by atoms with Gasteiger partial charge in [-0.25, -0.2) is 0 Å². The highest BCUT2D eigenvalue weighted by Gasteiger charge is 2.29. The van der Waals surface area contributed by atoms with Crippen LogP contribution in [0.1, 0.15) is 18.7 Å². The van der Waals surface area contributed by atoms with Crippen LogP contribution in [-0.2, 0) is 10.2 Å². The highest BCUT2D eigenvalue weighted by atomic mass is 79.9. The molecule has 0 amide bonds. The maximum Gasteiger partial charge on any atom is 0.157 e. The van der Waals surface area contributed by atoms with Gasteiger partial charge >= 0.3 is 0 Å². The lowest BCUT2D eigenvalue weighted by Crippen LogP contribution is -2.33. The summed E-state index contributed by atoms with van der Waals surface area (Å²) in [6.45, 7) is 3.91. The van der Waals surface area contributed by atoms with E-state index in [2.05, 4.69) is 15.9 Å². The quantitative estimate of drug-likeness (QED) is 0.908. The molecular weight excluding hydrogens is 250 g/mol. The molecule has 0 aliphatic rings. The normalized spacial score (nSPS) is 11.7. The number of halogens is 1. The van der Waals surface area contributed by atoms with Crippen LogP contribution in [0.3, 0.4) is 0 Å². The van der Waals surface area contributed by atoms with Gasteiger partial charge in [0.1, 0.15) is 0 Å². The molecule has 0 unspecified atom stereocenters. The lowest BCUT2D eigenvalue weighted by Gasteiger charge is -2.20. The van der Waals surface area contributed by atoms with Crippen LogP contribution in [0.4, 0.5) is 0 Å². The van der Waals surface area contributed by atoms with E-state index in [1.807, 2.05) is 26.0 Å². The average molecular weight is 262 g/mol. The summed E-state index contributed by atoms with van der Waals surface area (Å²) in [4.78, 5) is 12.6. The van der Waals surface area contributed by atoms with Gasteiger partial charge in [-0.3, -0.25) is 4.79 Å². The fourth-order valence-corrected chi connectivity index (χ4v) is 2.55. The molecule has 13 heavy (non-hydrogen) atoms. The summed E-state index contributed by atoms with van der Waals surface area (Å²) in [5, 5.41) is 0. The van der Waals surface area contributed by atoms with Gasteiger partial charge in [0.05, 0.1) is 15.7 Å². The minimum absolute atomic E-state index is 0.0712. The fourth-order valence-electron chi connectivity index (χ4n) is 1.04. The Morgan fingerprint density at radius 3 is 2.62 bits per heavy atom. The lowest BCUT2D eigenvalue weighted by molar-refractivity contribution is -0.122. The zero-order chi connectivity index (χ0) is 10.1. The average Bonchev–Trinajstić information content (AvgIpc) is 2.50. The van der Waals surface area contributed by atoms with Crippen molar-refractivity contribution in [3.05, 3.63) is 20.8 Å². The number of Topliss-reactive ketones (excluding diaryl/α,β-unsaturated/α-hetero) is 1. The van der Waals surface area contributed by atoms with Gasteiger partial charge in [-0.2, -0.15) is 0 Å². The van der Waals surface area contributed by atoms with Crippen LogP contribution in [-0.4, -0.2) is 12.3 Å². The van der Waals surface area contributed by atoms with Crippen molar-refractivity contribution in [3.63, 3.8) is 0 Å². The monoisotopic (exact) mass is 261 g/mol. The Morgan fingerprint density at radius 2 is 2.23 bits per heavy atom. The van der Waals surface area contributed by atoms with Crippen LogP contribution in [0.5, 0.6) is 0 Å². The van der Waals surface area contributed by atoms with Gasteiger partial charge in [-0.1, -0.05) is 0 Å². The standard InChI is InChI=1S/C9H12BrNOS/c1-9(2,6(12)5-11)7-3-4-8(10)13-7/h3-4H,5,11H2,1-2H3. The predicted molar refractivity (Wildman–Crippen MR) is 59.1 cm³/mol. The second-order valence-corrected chi connectivity index (χ2v) is 5.82. The molecule has 0 atom stereocenters. The van der Waals surface area contributed by atoms with Gasteiger partial charge in [0.15, 0.2) is 5.78 Å². The molecule has 0 aliphatic heterocycles. The van der Waals surface area contributed by atoms with E-state index in [0.717, 1.165) is 8.66 Å². The van der Waals surface area contributed by atoms with E-state index in [4.69, 9.17) is 5.73 Å². The van der Waals surface area contributed by atoms with Crippen LogP contribution in [0.2, 0.25) is 0 Å². The molecule has 0 saturated carbocycles. The molecule has 0 radical (unpaired) electrons. The predicted octanol–water partition coefficient (Wildman–Crippen LogP) is 2.32. The summed E-state index contributed by atoms with van der Waals surface area (Å²) >= 11 is 4.95. The van der Waals surface area contributed by atoms with Crippen molar-refractivity contribution in [3.8, 4) is 0 Å². The van der Waals surface area contributed by atoms with Crippen LogP contribution >= 0.6 is 27.3 Å². The SMILES string of the molecule is CC(C)(C(=O)CN)c1ccc(Br)s1. The van der Waals surface area contributed by atoms with Crippen LogP contribution in [0.15, 0.2) is 15.9 Å². The van der Waals surface area contributed by atoms with Crippen molar-refractivity contribution < 1.29 is 4.79 Å². The van der Waals surface area contributed by atoms with Gasteiger partial charge in [-0.05, 0) is 41.9 Å². The zero-order valence-electron chi connectivity index (χ0n) is 7.63. The molecule has 0 bridgehead atoms. The molecule has 1 aromatic heterocycles. The molecule has 0 aliphatic carbocycles. The highest BCUT2D eigenvalue weighted by molar-refractivity contribution is 9.11. The van der Waals surface area contributed by atoms with E-state index in [9.17, 15) is 4.79 Å². The molecular formula is C9H12BrNOS. The van der Waals surface area contributed by atoms with Gasteiger partial charge in [0.2, 0.25) is 0 Å². The Bertz CT molecular complexity index is 319. The van der Waals surface area contributed by atoms with Crippen molar-refractivity contribution in [2.75, 3.05) is 6.54 Å².